The maximum Gasteiger partial charge on any atom is 0.169 e. The van der Waals surface area contributed by atoms with Crippen LogP contribution in [-0.2, 0) is 4.74 Å². The molecule has 1 aliphatic rings. The van der Waals surface area contributed by atoms with Crippen LogP contribution >= 0.6 is 0 Å². The minimum Gasteiger partial charge on any atom is -0.385 e. The number of fused-ring (bicyclic) bond motifs is 1. The lowest BCUT2D eigenvalue weighted by molar-refractivity contribution is -0.0176. The third kappa shape index (κ3) is 2.28. The molecule has 0 bridgehead atoms. The highest BCUT2D eigenvalue weighted by Gasteiger charge is 2.39. The molecule has 3 rings (SSSR count). The van der Waals surface area contributed by atoms with Crippen LogP contribution in [0, 0.1) is 0 Å². The van der Waals surface area contributed by atoms with E-state index in [-0.39, 0.29) is 6.10 Å². The Hall–Kier alpha value is -1.92. The lowest BCUT2D eigenvalue weighted by Crippen LogP contribution is -2.43. The van der Waals surface area contributed by atoms with Crippen LogP contribution in [0.2, 0.25) is 0 Å². The Bertz CT molecular complexity index is 634. The number of para-hydroxylation sites is 2. The van der Waals surface area contributed by atoms with Gasteiger partial charge in [-0.25, -0.2) is 9.97 Å². The second kappa shape index (κ2) is 4.88. The predicted molar refractivity (Wildman–Crippen MR) is 77.4 cm³/mol. The van der Waals surface area contributed by atoms with E-state index in [2.05, 4.69) is 15.3 Å². The van der Waals surface area contributed by atoms with Crippen LogP contribution in [0.15, 0.2) is 24.3 Å². The number of nitrogens with two attached hydrogens (primary N) is 1. The zero-order chi connectivity index (χ0) is 14.2. The maximum absolute atomic E-state index is 10.4. The molecule has 0 radical (unpaired) electrons. The standard InChI is InChI=1S/C14H18N4O2/c1-9-14(19,6-7-20-9)8-16-13-12(15)17-10-4-2-3-5-11(10)18-13/h2-5,9,19H,6-8H2,1H3,(H2,15,17)(H,16,18). The molecule has 2 unspecified atom stereocenters. The van der Waals surface area contributed by atoms with Crippen LogP contribution in [0.4, 0.5) is 11.6 Å². The van der Waals surface area contributed by atoms with Crippen LogP contribution in [0.3, 0.4) is 0 Å². The van der Waals surface area contributed by atoms with E-state index in [1.54, 1.807) is 0 Å². The summed E-state index contributed by atoms with van der Waals surface area (Å²) in [6.45, 7) is 2.77. The topological polar surface area (TPSA) is 93.3 Å². The van der Waals surface area contributed by atoms with Crippen LogP contribution in [0.5, 0.6) is 0 Å². The fourth-order valence-corrected chi connectivity index (χ4v) is 2.38. The van der Waals surface area contributed by atoms with Crippen molar-refractivity contribution in [1.82, 2.24) is 9.97 Å². The van der Waals surface area contributed by atoms with Crippen molar-refractivity contribution in [3.63, 3.8) is 0 Å². The third-order valence-corrected chi connectivity index (χ3v) is 3.82. The number of rotatable bonds is 3. The molecule has 1 saturated heterocycles. The Kier molecular flexibility index (Phi) is 3.19. The SMILES string of the molecule is CC1OCCC1(O)CNc1nc2ccccc2nc1N. The quantitative estimate of drug-likeness (QED) is 0.778. The number of nitrogens with zero attached hydrogens (tertiary/aromatic N) is 2. The molecule has 2 aromatic rings. The summed E-state index contributed by atoms with van der Waals surface area (Å²) in [5.41, 5.74) is 6.54. The van der Waals surface area contributed by atoms with Crippen molar-refractivity contribution in [2.24, 2.45) is 0 Å². The number of ether oxygens (including phenoxy) is 1. The van der Waals surface area contributed by atoms with E-state index in [0.29, 0.717) is 31.2 Å². The van der Waals surface area contributed by atoms with Gasteiger partial charge in [-0.2, -0.15) is 0 Å². The van der Waals surface area contributed by atoms with Crippen LogP contribution in [-0.4, -0.2) is 39.9 Å². The highest BCUT2D eigenvalue weighted by molar-refractivity contribution is 5.79. The third-order valence-electron chi connectivity index (χ3n) is 3.82. The summed E-state index contributed by atoms with van der Waals surface area (Å²) in [5.74, 6) is 0.829. The van der Waals surface area contributed by atoms with E-state index >= 15 is 0 Å². The molecule has 2 heterocycles. The Morgan fingerprint density at radius 3 is 2.75 bits per heavy atom. The average Bonchev–Trinajstić information content (AvgIpc) is 2.77. The minimum atomic E-state index is -0.889. The molecule has 1 aromatic heterocycles. The summed E-state index contributed by atoms with van der Waals surface area (Å²) in [5, 5.41) is 13.5. The number of hydrogen-bond donors (Lipinski definition) is 3. The smallest absolute Gasteiger partial charge is 0.169 e. The van der Waals surface area contributed by atoms with Crippen molar-refractivity contribution in [3.05, 3.63) is 24.3 Å². The summed E-state index contributed by atoms with van der Waals surface area (Å²) in [4.78, 5) is 8.74. The summed E-state index contributed by atoms with van der Waals surface area (Å²) >= 11 is 0. The Morgan fingerprint density at radius 1 is 1.40 bits per heavy atom. The first-order valence-electron chi connectivity index (χ1n) is 6.69. The number of benzene rings is 1. The second-order valence-corrected chi connectivity index (χ2v) is 5.17. The van der Waals surface area contributed by atoms with Gasteiger partial charge in [0.05, 0.1) is 17.1 Å². The van der Waals surface area contributed by atoms with Gasteiger partial charge in [-0.05, 0) is 19.1 Å². The zero-order valence-corrected chi connectivity index (χ0v) is 11.3. The number of aliphatic hydroxyl groups is 1. The molecule has 1 aromatic carbocycles. The lowest BCUT2D eigenvalue weighted by Gasteiger charge is -2.26. The van der Waals surface area contributed by atoms with E-state index in [9.17, 15) is 5.11 Å². The van der Waals surface area contributed by atoms with Crippen LogP contribution < -0.4 is 11.1 Å². The average molecular weight is 274 g/mol. The van der Waals surface area contributed by atoms with E-state index < -0.39 is 5.60 Å². The number of nitrogens with one attached hydrogen (secondary N) is 1. The van der Waals surface area contributed by atoms with Gasteiger partial charge in [0.2, 0.25) is 0 Å². The van der Waals surface area contributed by atoms with Crippen molar-refractivity contribution in [3.8, 4) is 0 Å². The summed E-state index contributed by atoms with van der Waals surface area (Å²) < 4.78 is 5.40. The van der Waals surface area contributed by atoms with Gasteiger partial charge in [0.25, 0.3) is 0 Å². The molecule has 20 heavy (non-hydrogen) atoms. The molecule has 106 valence electrons. The highest BCUT2D eigenvalue weighted by Crippen LogP contribution is 2.27. The van der Waals surface area contributed by atoms with Gasteiger partial charge in [-0.3, -0.25) is 0 Å². The number of hydrogen-bond acceptors (Lipinski definition) is 6. The number of nitrogen functional groups attached to an aromatic ring is 1. The van der Waals surface area contributed by atoms with E-state index in [0.717, 1.165) is 11.0 Å². The molecular weight excluding hydrogens is 256 g/mol. The Labute approximate surface area is 117 Å². The summed E-state index contributed by atoms with van der Waals surface area (Å²) in [7, 11) is 0. The summed E-state index contributed by atoms with van der Waals surface area (Å²) in [6, 6.07) is 7.53. The van der Waals surface area contributed by atoms with Crippen LogP contribution in [0.1, 0.15) is 13.3 Å². The molecule has 2 atom stereocenters. The van der Waals surface area contributed by atoms with Crippen molar-refractivity contribution >= 4 is 22.7 Å². The summed E-state index contributed by atoms with van der Waals surface area (Å²) in [6.07, 6.45) is 0.395. The van der Waals surface area contributed by atoms with Gasteiger partial charge in [-0.15, -0.1) is 0 Å². The lowest BCUT2D eigenvalue weighted by atomic mass is 9.97. The van der Waals surface area contributed by atoms with Gasteiger partial charge < -0.3 is 20.9 Å². The van der Waals surface area contributed by atoms with Crippen molar-refractivity contribution in [2.75, 3.05) is 24.2 Å². The Morgan fingerprint density at radius 2 is 2.10 bits per heavy atom. The van der Waals surface area contributed by atoms with Crippen molar-refractivity contribution < 1.29 is 9.84 Å². The van der Waals surface area contributed by atoms with Gasteiger partial charge in [0.1, 0.15) is 5.60 Å². The molecule has 4 N–H and O–H groups in total. The Balaban J connectivity index is 1.82. The van der Waals surface area contributed by atoms with Crippen molar-refractivity contribution in [1.29, 1.82) is 0 Å². The largest absolute Gasteiger partial charge is 0.385 e. The molecule has 6 nitrogen and oxygen atoms in total. The van der Waals surface area contributed by atoms with Crippen LogP contribution in [0.25, 0.3) is 11.0 Å². The van der Waals surface area contributed by atoms with Gasteiger partial charge >= 0.3 is 0 Å². The molecule has 0 amide bonds. The number of aromatic nitrogens is 2. The first-order chi connectivity index (χ1) is 9.58. The monoisotopic (exact) mass is 274 g/mol. The fraction of sp³-hybridized carbons (Fsp3) is 0.429. The maximum atomic E-state index is 10.4. The predicted octanol–water partition coefficient (Wildman–Crippen LogP) is 1.16. The molecule has 1 aliphatic heterocycles. The molecule has 0 aliphatic carbocycles. The highest BCUT2D eigenvalue weighted by atomic mass is 16.5. The normalized spacial score (nSPS) is 26.0. The number of anilines is 2. The molecule has 0 spiro atoms. The first kappa shape index (κ1) is 13.1. The van der Waals surface area contributed by atoms with E-state index in [4.69, 9.17) is 10.5 Å². The molecule has 0 saturated carbocycles. The van der Waals surface area contributed by atoms with E-state index in [1.807, 2.05) is 31.2 Å². The zero-order valence-electron chi connectivity index (χ0n) is 11.3. The molecule has 6 heteroatoms. The fourth-order valence-electron chi connectivity index (χ4n) is 2.38. The second-order valence-electron chi connectivity index (χ2n) is 5.17. The van der Waals surface area contributed by atoms with Gasteiger partial charge in [0, 0.05) is 19.6 Å². The van der Waals surface area contributed by atoms with E-state index in [1.165, 1.54) is 0 Å². The van der Waals surface area contributed by atoms with Crippen molar-refractivity contribution in [2.45, 2.75) is 25.0 Å². The minimum absolute atomic E-state index is 0.204. The van der Waals surface area contributed by atoms with Gasteiger partial charge in [-0.1, -0.05) is 12.1 Å². The molecular formula is C14H18N4O2. The molecule has 1 fully saturated rings. The van der Waals surface area contributed by atoms with Gasteiger partial charge in [0.15, 0.2) is 11.6 Å². The first-order valence-corrected chi connectivity index (χ1v) is 6.69.